The van der Waals surface area contributed by atoms with E-state index in [2.05, 4.69) is 37.0 Å². The highest BCUT2D eigenvalue weighted by molar-refractivity contribution is 5.52. The molecular weight excluding hydrogens is 188 g/mol. The molecule has 1 unspecified atom stereocenters. The van der Waals surface area contributed by atoms with Crippen LogP contribution in [0.5, 0.6) is 0 Å². The lowest BCUT2D eigenvalue weighted by molar-refractivity contribution is 0.501. The molecule has 4 heteroatoms. The average molecular weight is 204 g/mol. The van der Waals surface area contributed by atoms with Crippen molar-refractivity contribution in [1.29, 1.82) is 5.26 Å². The number of nitriles is 1. The van der Waals surface area contributed by atoms with Crippen molar-refractivity contribution >= 4 is 5.82 Å². The number of rotatable bonds is 3. The third kappa shape index (κ3) is 2.44. The van der Waals surface area contributed by atoms with Crippen LogP contribution >= 0.6 is 0 Å². The van der Waals surface area contributed by atoms with Crippen LogP contribution in [0, 0.1) is 17.2 Å². The van der Waals surface area contributed by atoms with Gasteiger partial charge in [-0.05, 0) is 18.9 Å². The van der Waals surface area contributed by atoms with Gasteiger partial charge in [-0.3, -0.25) is 0 Å². The Balaban J connectivity index is 3.01. The molecule has 0 fully saturated rings. The van der Waals surface area contributed by atoms with Crippen LogP contribution in [-0.2, 0) is 0 Å². The first-order valence-electron chi connectivity index (χ1n) is 5.02. The highest BCUT2D eigenvalue weighted by Crippen LogP contribution is 2.19. The van der Waals surface area contributed by atoms with Crippen LogP contribution in [0.4, 0.5) is 5.82 Å². The van der Waals surface area contributed by atoms with E-state index in [1.807, 2.05) is 11.9 Å². The fraction of sp³-hybridized carbons (Fsp3) is 0.545. The van der Waals surface area contributed by atoms with E-state index in [1.54, 1.807) is 6.07 Å². The van der Waals surface area contributed by atoms with Crippen LogP contribution in [-0.4, -0.2) is 23.3 Å². The Hall–Kier alpha value is -1.63. The highest BCUT2D eigenvalue weighted by Gasteiger charge is 2.17. The molecule has 1 atom stereocenters. The monoisotopic (exact) mass is 204 g/mol. The van der Waals surface area contributed by atoms with Gasteiger partial charge in [-0.25, -0.2) is 0 Å². The number of hydrogen-bond acceptors (Lipinski definition) is 4. The lowest BCUT2D eigenvalue weighted by Crippen LogP contribution is -2.34. The van der Waals surface area contributed by atoms with E-state index in [9.17, 15) is 0 Å². The van der Waals surface area contributed by atoms with Crippen molar-refractivity contribution in [2.75, 3.05) is 11.9 Å². The Morgan fingerprint density at radius 1 is 1.40 bits per heavy atom. The first-order chi connectivity index (χ1) is 7.07. The summed E-state index contributed by atoms with van der Waals surface area (Å²) in [6, 6.07) is 4.14. The fourth-order valence-corrected chi connectivity index (χ4v) is 1.31. The van der Waals surface area contributed by atoms with Crippen molar-refractivity contribution in [3.63, 3.8) is 0 Å². The predicted molar refractivity (Wildman–Crippen MR) is 59.5 cm³/mol. The summed E-state index contributed by atoms with van der Waals surface area (Å²) < 4.78 is 0. The molecule has 1 aromatic rings. The molecule has 0 spiro atoms. The molecule has 0 bridgehead atoms. The van der Waals surface area contributed by atoms with Gasteiger partial charge in [0.25, 0.3) is 0 Å². The molecule has 0 aromatic carbocycles. The minimum absolute atomic E-state index is 0.328. The van der Waals surface area contributed by atoms with Crippen molar-refractivity contribution in [2.24, 2.45) is 5.92 Å². The second kappa shape index (κ2) is 4.74. The van der Waals surface area contributed by atoms with Gasteiger partial charge in [0.2, 0.25) is 0 Å². The van der Waals surface area contributed by atoms with Gasteiger partial charge in [-0.1, -0.05) is 13.8 Å². The molecule has 0 aliphatic heterocycles. The number of aromatic nitrogens is 2. The molecular formula is C11H16N4. The van der Waals surface area contributed by atoms with Gasteiger partial charge in [0.05, 0.1) is 11.8 Å². The molecule has 1 rings (SSSR count). The van der Waals surface area contributed by atoms with Gasteiger partial charge < -0.3 is 4.90 Å². The quantitative estimate of drug-likeness (QED) is 0.753. The molecule has 0 N–H and O–H groups in total. The maximum atomic E-state index is 8.94. The van der Waals surface area contributed by atoms with Crippen molar-refractivity contribution < 1.29 is 0 Å². The highest BCUT2D eigenvalue weighted by atomic mass is 15.3. The van der Waals surface area contributed by atoms with Gasteiger partial charge >= 0.3 is 0 Å². The molecule has 0 amide bonds. The first-order valence-corrected chi connectivity index (χ1v) is 5.02. The van der Waals surface area contributed by atoms with Crippen LogP contribution in [0.3, 0.4) is 0 Å². The summed E-state index contributed by atoms with van der Waals surface area (Å²) in [6.45, 7) is 6.40. The molecule has 1 heterocycles. The average Bonchev–Trinajstić information content (AvgIpc) is 2.26. The van der Waals surface area contributed by atoms with E-state index < -0.39 is 0 Å². The zero-order valence-electron chi connectivity index (χ0n) is 9.60. The van der Waals surface area contributed by atoms with Crippen molar-refractivity contribution in [1.82, 2.24) is 10.2 Å². The summed E-state index contributed by atoms with van der Waals surface area (Å²) in [4.78, 5) is 2.00. The summed E-state index contributed by atoms with van der Waals surface area (Å²) in [5.74, 6) is 1.16. The topological polar surface area (TPSA) is 52.8 Å². The normalized spacial score (nSPS) is 12.3. The molecule has 0 radical (unpaired) electrons. The minimum atomic E-state index is 0.328. The SMILES string of the molecule is CC(C)C(C)N(C)c1nnccc1C#N. The van der Waals surface area contributed by atoms with E-state index in [0.29, 0.717) is 23.3 Å². The predicted octanol–water partition coefficient (Wildman–Crippen LogP) is 1.83. The van der Waals surface area contributed by atoms with Gasteiger partial charge in [-0.2, -0.15) is 10.4 Å². The minimum Gasteiger partial charge on any atom is -0.354 e. The molecule has 80 valence electrons. The standard InChI is InChI=1S/C11H16N4/c1-8(2)9(3)15(4)11-10(7-12)5-6-13-14-11/h5-6,8-9H,1-4H3. The zero-order valence-corrected chi connectivity index (χ0v) is 9.60. The van der Waals surface area contributed by atoms with Gasteiger partial charge in [0.1, 0.15) is 6.07 Å². The molecule has 0 aliphatic carbocycles. The lowest BCUT2D eigenvalue weighted by Gasteiger charge is -2.28. The lowest BCUT2D eigenvalue weighted by atomic mass is 10.0. The Morgan fingerprint density at radius 2 is 2.07 bits per heavy atom. The maximum Gasteiger partial charge on any atom is 0.169 e. The van der Waals surface area contributed by atoms with Gasteiger partial charge in [-0.15, -0.1) is 5.10 Å². The van der Waals surface area contributed by atoms with Crippen LogP contribution in [0.1, 0.15) is 26.3 Å². The van der Waals surface area contributed by atoms with E-state index in [0.717, 1.165) is 0 Å². The molecule has 0 saturated heterocycles. The van der Waals surface area contributed by atoms with Crippen LogP contribution in [0.25, 0.3) is 0 Å². The Bertz CT molecular complexity index is 367. The second-order valence-electron chi connectivity index (χ2n) is 3.98. The van der Waals surface area contributed by atoms with E-state index in [-0.39, 0.29) is 0 Å². The summed E-state index contributed by atoms with van der Waals surface area (Å²) in [5.41, 5.74) is 0.569. The molecule has 15 heavy (non-hydrogen) atoms. The number of anilines is 1. The van der Waals surface area contributed by atoms with Crippen molar-refractivity contribution in [3.8, 4) is 6.07 Å². The number of nitrogens with zero attached hydrogens (tertiary/aromatic N) is 4. The van der Waals surface area contributed by atoms with Crippen LogP contribution < -0.4 is 4.90 Å². The van der Waals surface area contributed by atoms with Crippen molar-refractivity contribution in [2.45, 2.75) is 26.8 Å². The third-order valence-corrected chi connectivity index (χ3v) is 2.73. The van der Waals surface area contributed by atoms with Crippen molar-refractivity contribution in [3.05, 3.63) is 17.8 Å². The molecule has 4 nitrogen and oxygen atoms in total. The fourth-order valence-electron chi connectivity index (χ4n) is 1.31. The van der Waals surface area contributed by atoms with Crippen LogP contribution in [0.15, 0.2) is 12.3 Å². The number of hydrogen-bond donors (Lipinski definition) is 0. The summed E-state index contributed by atoms with van der Waals surface area (Å²) in [6.07, 6.45) is 1.54. The molecule has 1 aromatic heterocycles. The molecule has 0 aliphatic rings. The van der Waals surface area contributed by atoms with E-state index >= 15 is 0 Å². The van der Waals surface area contributed by atoms with E-state index in [1.165, 1.54) is 6.20 Å². The van der Waals surface area contributed by atoms with E-state index in [4.69, 9.17) is 5.26 Å². The third-order valence-electron chi connectivity index (χ3n) is 2.73. The second-order valence-corrected chi connectivity index (χ2v) is 3.98. The van der Waals surface area contributed by atoms with Gasteiger partial charge in [0.15, 0.2) is 5.82 Å². The maximum absolute atomic E-state index is 8.94. The summed E-state index contributed by atoms with van der Waals surface area (Å²) >= 11 is 0. The van der Waals surface area contributed by atoms with Gasteiger partial charge in [0, 0.05) is 13.1 Å². The Morgan fingerprint density at radius 3 is 2.60 bits per heavy atom. The zero-order chi connectivity index (χ0) is 11.4. The Labute approximate surface area is 90.5 Å². The summed E-state index contributed by atoms with van der Waals surface area (Å²) in [5, 5.41) is 16.8. The smallest absolute Gasteiger partial charge is 0.169 e. The van der Waals surface area contributed by atoms with Crippen LogP contribution in [0.2, 0.25) is 0 Å². The Kier molecular flexibility index (Phi) is 3.62. The largest absolute Gasteiger partial charge is 0.354 e. The molecule has 0 saturated carbocycles. The summed E-state index contributed by atoms with van der Waals surface area (Å²) in [7, 11) is 1.94. The first kappa shape index (κ1) is 11.4.